The minimum Gasteiger partial charge on any atom is -0.464 e. The molecular weight excluding hydrogens is 296 g/mol. The maximum Gasteiger partial charge on any atom is 0.426 e. The molecule has 3 N–H and O–H groups in total. The molecule has 0 aliphatic rings. The Bertz CT molecular complexity index is 515. The Morgan fingerprint density at radius 1 is 1.38 bits per heavy atom. The summed E-state index contributed by atoms with van der Waals surface area (Å²) >= 11 is 1.25. The molecule has 0 spiro atoms. The quantitative estimate of drug-likeness (QED) is 0.544. The Balaban J connectivity index is 2.45. The molecule has 1 heterocycles. The molecular formula is C12H16N4O4S. The van der Waals surface area contributed by atoms with Crippen LogP contribution in [0, 0.1) is 0 Å². The first-order chi connectivity index (χ1) is 10.0. The Morgan fingerprint density at radius 2 is 2.10 bits per heavy atom. The lowest BCUT2D eigenvalue weighted by Crippen LogP contribution is -2.45. The second kappa shape index (κ2) is 8.69. The Labute approximate surface area is 125 Å². The van der Waals surface area contributed by atoms with Crippen molar-refractivity contribution in [1.29, 1.82) is 0 Å². The molecule has 114 valence electrons. The number of thiazole rings is 1. The van der Waals surface area contributed by atoms with Crippen LogP contribution in [0.4, 0.5) is 9.93 Å². The summed E-state index contributed by atoms with van der Waals surface area (Å²) in [4.78, 5) is 37.7. The van der Waals surface area contributed by atoms with Crippen molar-refractivity contribution in [1.82, 2.24) is 15.4 Å². The molecule has 1 aromatic rings. The van der Waals surface area contributed by atoms with Crippen molar-refractivity contribution in [3.05, 3.63) is 23.7 Å². The van der Waals surface area contributed by atoms with Crippen LogP contribution in [-0.2, 0) is 9.59 Å². The highest BCUT2D eigenvalue weighted by Gasteiger charge is 2.12. The Kier molecular flexibility index (Phi) is 6.88. The molecule has 3 amide bonds. The van der Waals surface area contributed by atoms with Gasteiger partial charge in [-0.05, 0) is 6.42 Å². The molecule has 0 radical (unpaired) electrons. The number of nitrogens with zero attached hydrogens (tertiary/aromatic N) is 2. The van der Waals surface area contributed by atoms with Crippen LogP contribution in [0.15, 0.2) is 23.7 Å². The zero-order valence-electron chi connectivity index (χ0n) is 11.4. The van der Waals surface area contributed by atoms with Crippen LogP contribution in [0.3, 0.4) is 0 Å². The van der Waals surface area contributed by atoms with Crippen LogP contribution < -0.4 is 10.7 Å². The van der Waals surface area contributed by atoms with Gasteiger partial charge in [0, 0.05) is 30.3 Å². The van der Waals surface area contributed by atoms with E-state index in [1.807, 2.05) is 6.92 Å². The van der Waals surface area contributed by atoms with Gasteiger partial charge in [-0.25, -0.2) is 14.8 Å². The molecule has 8 nitrogen and oxygen atoms in total. The van der Waals surface area contributed by atoms with Crippen molar-refractivity contribution in [2.24, 2.45) is 0 Å². The summed E-state index contributed by atoms with van der Waals surface area (Å²) < 4.78 is 0. The molecule has 0 bridgehead atoms. The number of hydrogen-bond acceptors (Lipinski definition) is 5. The molecule has 0 fully saturated rings. The smallest absolute Gasteiger partial charge is 0.426 e. The number of hydrazine groups is 1. The van der Waals surface area contributed by atoms with Gasteiger partial charge in [0.15, 0.2) is 5.13 Å². The Hall–Kier alpha value is -2.42. The molecule has 21 heavy (non-hydrogen) atoms. The van der Waals surface area contributed by atoms with Gasteiger partial charge < -0.3 is 5.11 Å². The lowest BCUT2D eigenvalue weighted by molar-refractivity contribution is -0.121. The second-order valence-electron chi connectivity index (χ2n) is 3.92. The number of aromatic nitrogens is 1. The number of unbranched alkanes of at least 4 members (excludes halogenated alkanes) is 1. The predicted molar refractivity (Wildman–Crippen MR) is 77.7 cm³/mol. The van der Waals surface area contributed by atoms with E-state index in [0.29, 0.717) is 11.6 Å². The minimum atomic E-state index is -1.25. The monoisotopic (exact) mass is 312 g/mol. The van der Waals surface area contributed by atoms with Crippen molar-refractivity contribution in [3.63, 3.8) is 0 Å². The van der Waals surface area contributed by atoms with E-state index in [1.165, 1.54) is 17.5 Å². The average Bonchev–Trinajstić information content (AvgIpc) is 2.93. The fourth-order valence-corrected chi connectivity index (χ4v) is 1.80. The van der Waals surface area contributed by atoms with Gasteiger partial charge in [-0.15, -0.1) is 11.3 Å². The third kappa shape index (κ3) is 6.52. The van der Waals surface area contributed by atoms with E-state index in [4.69, 9.17) is 5.11 Å². The Morgan fingerprint density at radius 3 is 2.67 bits per heavy atom. The van der Waals surface area contributed by atoms with Crippen LogP contribution >= 0.6 is 11.3 Å². The van der Waals surface area contributed by atoms with Crippen LogP contribution in [0.2, 0.25) is 0 Å². The van der Waals surface area contributed by atoms with Gasteiger partial charge in [0.1, 0.15) is 0 Å². The largest absolute Gasteiger partial charge is 0.464 e. The summed E-state index contributed by atoms with van der Waals surface area (Å²) in [6.07, 6.45) is 3.68. The second-order valence-corrected chi connectivity index (χ2v) is 4.82. The zero-order valence-corrected chi connectivity index (χ0v) is 12.2. The molecule has 0 aromatic carbocycles. The van der Waals surface area contributed by atoms with Gasteiger partial charge in [0.05, 0.1) is 0 Å². The summed E-state index contributed by atoms with van der Waals surface area (Å²) in [7, 11) is 0. The van der Waals surface area contributed by atoms with Crippen LogP contribution in [0.1, 0.15) is 19.8 Å². The van der Waals surface area contributed by atoms with Gasteiger partial charge in [0.25, 0.3) is 5.91 Å². The number of nitrogens with one attached hydrogen (secondary N) is 2. The fourth-order valence-electron chi connectivity index (χ4n) is 1.27. The highest BCUT2D eigenvalue weighted by Crippen LogP contribution is 2.09. The highest BCUT2D eigenvalue weighted by molar-refractivity contribution is 7.13. The van der Waals surface area contributed by atoms with Crippen LogP contribution in [0.5, 0.6) is 0 Å². The molecule has 0 aliphatic carbocycles. The number of hydrogen-bond donors (Lipinski definition) is 3. The summed E-state index contributed by atoms with van der Waals surface area (Å²) in [5.41, 5.74) is 2.18. The molecule has 0 aliphatic heterocycles. The molecule has 0 saturated carbocycles. The van der Waals surface area contributed by atoms with Crippen LogP contribution in [-0.4, -0.2) is 39.6 Å². The van der Waals surface area contributed by atoms with Gasteiger partial charge in [-0.3, -0.25) is 20.3 Å². The lowest BCUT2D eigenvalue weighted by atomic mass is 10.3. The number of amides is 3. The molecule has 9 heteroatoms. The molecule has 1 rings (SSSR count). The zero-order chi connectivity index (χ0) is 15.7. The standard InChI is InChI=1S/C12H16N4O4S/c1-2-3-7-16(12(19)20)15-10(18)5-4-9(17)14-11-13-6-8-21-11/h4-6,8H,2-3,7H2,1H3,(H,15,18)(H,19,20)(H,13,14,17)/b5-4+. The topological polar surface area (TPSA) is 112 Å². The first kappa shape index (κ1) is 16.6. The summed E-state index contributed by atoms with van der Waals surface area (Å²) in [6, 6.07) is 0. The first-order valence-electron chi connectivity index (χ1n) is 6.22. The van der Waals surface area contributed by atoms with Gasteiger partial charge >= 0.3 is 6.09 Å². The summed E-state index contributed by atoms with van der Waals surface area (Å²) in [5, 5.41) is 14.3. The number of anilines is 1. The van der Waals surface area contributed by atoms with Gasteiger partial charge in [-0.2, -0.15) is 0 Å². The van der Waals surface area contributed by atoms with Crippen molar-refractivity contribution in [3.8, 4) is 0 Å². The van der Waals surface area contributed by atoms with E-state index in [2.05, 4.69) is 15.7 Å². The van der Waals surface area contributed by atoms with E-state index in [-0.39, 0.29) is 6.54 Å². The maximum atomic E-state index is 11.5. The number of rotatable bonds is 6. The number of carboxylic acid groups (broad SMARTS) is 1. The van der Waals surface area contributed by atoms with Crippen LogP contribution in [0.25, 0.3) is 0 Å². The summed E-state index contributed by atoms with van der Waals surface area (Å²) in [6.45, 7) is 2.10. The lowest BCUT2D eigenvalue weighted by Gasteiger charge is -2.18. The summed E-state index contributed by atoms with van der Waals surface area (Å²) in [5.74, 6) is -1.21. The average molecular weight is 312 g/mol. The normalized spacial score (nSPS) is 10.3. The molecule has 0 atom stereocenters. The third-order valence-electron chi connectivity index (χ3n) is 2.26. The van der Waals surface area contributed by atoms with E-state index in [9.17, 15) is 14.4 Å². The first-order valence-corrected chi connectivity index (χ1v) is 7.10. The van der Waals surface area contributed by atoms with Crippen molar-refractivity contribution in [2.45, 2.75) is 19.8 Å². The van der Waals surface area contributed by atoms with Crippen molar-refractivity contribution < 1.29 is 19.5 Å². The molecule has 0 unspecified atom stereocenters. The van der Waals surface area contributed by atoms with E-state index >= 15 is 0 Å². The van der Waals surface area contributed by atoms with Gasteiger partial charge in [0.2, 0.25) is 5.91 Å². The fraction of sp³-hybridized carbons (Fsp3) is 0.333. The molecule has 1 aromatic heterocycles. The maximum absolute atomic E-state index is 11.5. The number of carbonyl (C=O) groups excluding carboxylic acids is 2. The van der Waals surface area contributed by atoms with E-state index in [0.717, 1.165) is 23.6 Å². The highest BCUT2D eigenvalue weighted by atomic mass is 32.1. The minimum absolute atomic E-state index is 0.191. The van der Waals surface area contributed by atoms with Crippen molar-refractivity contribution >= 4 is 34.4 Å². The van der Waals surface area contributed by atoms with E-state index < -0.39 is 17.9 Å². The molecule has 0 saturated heterocycles. The van der Waals surface area contributed by atoms with Gasteiger partial charge in [-0.1, -0.05) is 13.3 Å². The SMILES string of the molecule is CCCCN(NC(=O)/C=C/C(=O)Nc1nccs1)C(=O)O. The number of carbonyl (C=O) groups is 3. The van der Waals surface area contributed by atoms with E-state index in [1.54, 1.807) is 5.38 Å². The predicted octanol–water partition coefficient (Wildman–Crippen LogP) is 1.45. The van der Waals surface area contributed by atoms with Crippen molar-refractivity contribution in [2.75, 3.05) is 11.9 Å². The third-order valence-corrected chi connectivity index (χ3v) is 2.95.